The highest BCUT2D eigenvalue weighted by atomic mass is 35.5. The van der Waals surface area contributed by atoms with Crippen LogP contribution in [-0.4, -0.2) is 38.5 Å². The largest absolute Gasteiger partial charge is 0.433 e. The van der Waals surface area contributed by atoms with E-state index < -0.39 is 40.5 Å². The van der Waals surface area contributed by atoms with Crippen molar-refractivity contribution < 1.29 is 22.8 Å². The molecule has 2 aromatic heterocycles. The Kier molecular flexibility index (Phi) is 9.09. The number of benzene rings is 1. The van der Waals surface area contributed by atoms with Crippen LogP contribution in [0.25, 0.3) is 5.57 Å². The lowest BCUT2D eigenvalue weighted by atomic mass is 9.72. The molecular formula is C32H32ClF3N6O4. The van der Waals surface area contributed by atoms with Gasteiger partial charge in [0.2, 0.25) is 5.91 Å². The van der Waals surface area contributed by atoms with Crippen LogP contribution in [0.5, 0.6) is 0 Å². The van der Waals surface area contributed by atoms with Crippen molar-refractivity contribution in [1.29, 1.82) is 0 Å². The van der Waals surface area contributed by atoms with Gasteiger partial charge in [-0.2, -0.15) is 13.2 Å². The number of aromatic nitrogens is 3. The molecule has 2 amide bonds. The zero-order valence-corrected chi connectivity index (χ0v) is 26.0. The molecule has 3 atom stereocenters. The Balaban J connectivity index is 1.59. The third kappa shape index (κ3) is 6.29. The fourth-order valence-electron chi connectivity index (χ4n) is 5.91. The van der Waals surface area contributed by atoms with Gasteiger partial charge in [0.1, 0.15) is 16.8 Å². The summed E-state index contributed by atoms with van der Waals surface area (Å²) in [6.45, 7) is 1.83. The van der Waals surface area contributed by atoms with Gasteiger partial charge in [-0.3, -0.25) is 19.0 Å². The molecule has 0 saturated carbocycles. The van der Waals surface area contributed by atoms with E-state index in [2.05, 4.69) is 20.9 Å². The quantitative estimate of drug-likeness (QED) is 0.341. The predicted molar refractivity (Wildman–Crippen MR) is 166 cm³/mol. The summed E-state index contributed by atoms with van der Waals surface area (Å²) in [5.74, 6) is -1.74. The zero-order chi connectivity index (χ0) is 33.4. The van der Waals surface area contributed by atoms with Crippen LogP contribution in [0.4, 0.5) is 13.2 Å². The van der Waals surface area contributed by atoms with Gasteiger partial charge in [-0.05, 0) is 35.3 Å². The molecule has 242 valence electrons. The molecule has 2 aliphatic rings. The average Bonchev–Trinajstić information content (AvgIpc) is 3.43. The number of alkyl halides is 3. The average molecular weight is 657 g/mol. The number of amides is 2. The van der Waals surface area contributed by atoms with E-state index in [0.717, 1.165) is 15.3 Å². The molecule has 46 heavy (non-hydrogen) atoms. The third-order valence-corrected chi connectivity index (χ3v) is 8.77. The molecule has 1 saturated heterocycles. The lowest BCUT2D eigenvalue weighted by Gasteiger charge is -2.41. The van der Waals surface area contributed by atoms with Crippen LogP contribution in [0.1, 0.15) is 52.6 Å². The van der Waals surface area contributed by atoms with Crippen LogP contribution in [0.15, 0.2) is 70.4 Å². The molecule has 1 aliphatic carbocycles. The van der Waals surface area contributed by atoms with Crippen LogP contribution < -0.4 is 27.2 Å². The molecule has 2 unspecified atom stereocenters. The van der Waals surface area contributed by atoms with Gasteiger partial charge in [-0.15, -0.1) is 0 Å². The van der Waals surface area contributed by atoms with Gasteiger partial charge in [-0.1, -0.05) is 61.0 Å². The Morgan fingerprint density at radius 3 is 2.57 bits per heavy atom. The SMILES string of the molecule is C[C@H]1C(c2ccccc2Cl)=CC=CC1(NC(=O)c1cn(C)c(=O)n(C)c1=O)c1ccc(CNCC2CCC(=O)N2)c(C(F)(F)F)n1. The molecule has 1 aliphatic heterocycles. The van der Waals surface area contributed by atoms with E-state index in [-0.39, 0.29) is 41.9 Å². The van der Waals surface area contributed by atoms with Gasteiger partial charge < -0.3 is 20.5 Å². The maximum absolute atomic E-state index is 14.5. The molecule has 1 fully saturated rings. The Morgan fingerprint density at radius 1 is 1.15 bits per heavy atom. The molecule has 5 rings (SSSR count). The Hall–Kier alpha value is -4.49. The molecule has 14 heteroatoms. The highest BCUT2D eigenvalue weighted by molar-refractivity contribution is 6.32. The number of nitrogens with one attached hydrogen (secondary N) is 3. The summed E-state index contributed by atoms with van der Waals surface area (Å²) in [4.78, 5) is 54.7. The van der Waals surface area contributed by atoms with E-state index in [0.29, 0.717) is 29.0 Å². The van der Waals surface area contributed by atoms with E-state index >= 15 is 0 Å². The van der Waals surface area contributed by atoms with E-state index in [4.69, 9.17) is 11.6 Å². The Labute approximate surface area is 267 Å². The summed E-state index contributed by atoms with van der Waals surface area (Å²) in [6, 6.07) is 9.48. The number of rotatable bonds is 8. The molecule has 0 bridgehead atoms. The molecule has 10 nitrogen and oxygen atoms in total. The van der Waals surface area contributed by atoms with Crippen LogP contribution in [0, 0.1) is 5.92 Å². The van der Waals surface area contributed by atoms with Gasteiger partial charge in [0.05, 0.1) is 5.69 Å². The lowest BCUT2D eigenvalue weighted by molar-refractivity contribution is -0.142. The number of aryl methyl sites for hydroxylation is 1. The number of carbonyl (C=O) groups is 2. The van der Waals surface area contributed by atoms with E-state index in [1.54, 1.807) is 43.3 Å². The summed E-state index contributed by atoms with van der Waals surface area (Å²) in [6.07, 6.45) is 2.08. The maximum atomic E-state index is 14.5. The second-order valence-corrected chi connectivity index (χ2v) is 11.8. The number of pyridine rings is 1. The van der Waals surface area contributed by atoms with Crippen molar-refractivity contribution in [2.75, 3.05) is 6.54 Å². The summed E-state index contributed by atoms with van der Waals surface area (Å²) in [7, 11) is 2.60. The minimum atomic E-state index is -4.85. The normalized spacial score (nSPS) is 21.2. The van der Waals surface area contributed by atoms with Crippen LogP contribution in [0.3, 0.4) is 0 Å². The smallest absolute Gasteiger partial charge is 0.352 e. The van der Waals surface area contributed by atoms with Gasteiger partial charge >= 0.3 is 11.9 Å². The second kappa shape index (κ2) is 12.7. The van der Waals surface area contributed by atoms with E-state index in [1.165, 1.54) is 32.3 Å². The minimum absolute atomic E-state index is 0.100. The molecule has 0 spiro atoms. The highest BCUT2D eigenvalue weighted by Gasteiger charge is 2.45. The Bertz CT molecular complexity index is 1880. The van der Waals surface area contributed by atoms with Crippen molar-refractivity contribution in [3.05, 3.63) is 115 Å². The summed E-state index contributed by atoms with van der Waals surface area (Å²) >= 11 is 6.52. The van der Waals surface area contributed by atoms with Crippen molar-refractivity contribution in [1.82, 2.24) is 30.1 Å². The first-order valence-electron chi connectivity index (χ1n) is 14.5. The Morgan fingerprint density at radius 2 is 1.89 bits per heavy atom. The van der Waals surface area contributed by atoms with Crippen LogP contribution in [0.2, 0.25) is 5.02 Å². The van der Waals surface area contributed by atoms with E-state index in [9.17, 15) is 32.3 Å². The maximum Gasteiger partial charge on any atom is 0.433 e. The van der Waals surface area contributed by atoms with Gasteiger partial charge in [0.25, 0.3) is 11.5 Å². The monoisotopic (exact) mass is 656 g/mol. The highest BCUT2D eigenvalue weighted by Crippen LogP contribution is 2.44. The summed E-state index contributed by atoms with van der Waals surface area (Å²) in [5, 5.41) is 8.95. The number of nitrogens with zero attached hydrogens (tertiary/aromatic N) is 3. The predicted octanol–water partition coefficient (Wildman–Crippen LogP) is 3.43. The van der Waals surface area contributed by atoms with Crippen molar-refractivity contribution in [3.63, 3.8) is 0 Å². The molecule has 0 radical (unpaired) electrons. The van der Waals surface area contributed by atoms with Gasteiger partial charge in [0, 0.05) is 56.8 Å². The molecule has 3 heterocycles. The fraction of sp³-hybridized carbons (Fsp3) is 0.344. The molecule has 3 aromatic rings. The van der Waals surface area contributed by atoms with Crippen molar-refractivity contribution in [3.8, 4) is 0 Å². The standard InChI is InChI=1S/C32H32ClF3N6O4/c1-18-21(22-7-4-5-9-24(22)33)8-6-14-31(18,40-28(44)23-17-41(2)30(46)42(3)29(23)45)25-12-10-19(27(39-25)32(34,35)36)15-37-16-20-11-13-26(43)38-20/h4-10,12,14,17-18,20,37H,11,13,15-16H2,1-3H3,(H,38,43)(H,40,44)/t18-,20?,31?/m0/s1. The number of hydrogen-bond donors (Lipinski definition) is 3. The zero-order valence-electron chi connectivity index (χ0n) is 25.2. The minimum Gasteiger partial charge on any atom is -0.352 e. The number of halogens is 4. The number of allylic oxidation sites excluding steroid dienone is 2. The fourth-order valence-corrected chi connectivity index (χ4v) is 6.16. The first-order valence-corrected chi connectivity index (χ1v) is 14.9. The first-order chi connectivity index (χ1) is 21.7. The summed E-state index contributed by atoms with van der Waals surface area (Å²) < 4.78 is 45.5. The topological polar surface area (TPSA) is 127 Å². The van der Waals surface area contributed by atoms with Gasteiger partial charge in [-0.25, -0.2) is 9.78 Å². The van der Waals surface area contributed by atoms with E-state index in [1.807, 2.05) is 0 Å². The number of carbonyl (C=O) groups excluding carboxylic acids is 2. The number of hydrogen-bond acceptors (Lipinski definition) is 6. The van der Waals surface area contributed by atoms with Crippen molar-refractivity contribution in [2.24, 2.45) is 20.0 Å². The van der Waals surface area contributed by atoms with Crippen molar-refractivity contribution >= 4 is 29.0 Å². The van der Waals surface area contributed by atoms with Gasteiger partial charge in [0.15, 0.2) is 0 Å². The first kappa shape index (κ1) is 32.9. The molecular weight excluding hydrogens is 625 g/mol. The van der Waals surface area contributed by atoms with Crippen LogP contribution >= 0.6 is 11.6 Å². The second-order valence-electron chi connectivity index (χ2n) is 11.4. The van der Waals surface area contributed by atoms with Crippen LogP contribution in [-0.2, 0) is 37.1 Å². The lowest BCUT2D eigenvalue weighted by Crippen LogP contribution is -2.53. The summed E-state index contributed by atoms with van der Waals surface area (Å²) in [5.41, 5.74) is -3.75. The third-order valence-electron chi connectivity index (χ3n) is 8.44. The molecule has 3 N–H and O–H groups in total. The molecule has 1 aromatic carbocycles. The van der Waals surface area contributed by atoms with Crippen molar-refractivity contribution in [2.45, 2.75) is 44.1 Å².